The van der Waals surface area contributed by atoms with Crippen LogP contribution < -0.4 is 10.6 Å². The van der Waals surface area contributed by atoms with Crippen molar-refractivity contribution in [3.8, 4) is 17.2 Å². The molecule has 0 aromatic heterocycles. The Labute approximate surface area is 169 Å². The van der Waals surface area contributed by atoms with Crippen LogP contribution in [0, 0.1) is 22.1 Å². The van der Waals surface area contributed by atoms with Gasteiger partial charge in [-0.3, -0.25) is 15.1 Å². The summed E-state index contributed by atoms with van der Waals surface area (Å²) in [5.41, 5.74) is 2.94. The molecule has 0 bridgehead atoms. The van der Waals surface area contributed by atoms with Gasteiger partial charge in [0.2, 0.25) is 0 Å². The van der Waals surface area contributed by atoms with Crippen molar-refractivity contribution in [2.24, 2.45) is 0 Å². The first-order valence-corrected chi connectivity index (χ1v) is 9.04. The lowest BCUT2D eigenvalue weighted by Crippen LogP contribution is -2.50. The van der Waals surface area contributed by atoms with Crippen molar-refractivity contribution in [1.29, 1.82) is 16.1 Å². The smallest absolute Gasteiger partial charge is 0.263 e. The number of amides is 1. The number of nitriles is 1. The molecule has 0 saturated carbocycles. The van der Waals surface area contributed by atoms with Crippen molar-refractivity contribution in [3.05, 3.63) is 70.9 Å². The number of hydrogen-bond acceptors (Lipinski definition) is 5. The van der Waals surface area contributed by atoms with E-state index in [9.17, 15) is 10.1 Å². The Bertz CT molecular complexity index is 1080. The summed E-state index contributed by atoms with van der Waals surface area (Å²) in [6, 6.07) is 17.2. The van der Waals surface area contributed by atoms with Gasteiger partial charge in [0.1, 0.15) is 5.54 Å². The third-order valence-electron chi connectivity index (χ3n) is 5.17. The second-order valence-electron chi connectivity index (χ2n) is 6.92. The molecular weight excluding hydrogens is 364 g/mol. The van der Waals surface area contributed by atoms with Gasteiger partial charge in [-0.2, -0.15) is 5.26 Å². The molecule has 3 rings (SSSR count). The lowest BCUT2D eigenvalue weighted by Gasteiger charge is -2.34. The van der Waals surface area contributed by atoms with Crippen LogP contribution in [-0.4, -0.2) is 37.1 Å². The molecule has 2 aromatic rings. The minimum Gasteiger partial charge on any atom is -0.389 e. The Balaban J connectivity index is 2.21. The second kappa shape index (κ2) is 7.60. The van der Waals surface area contributed by atoms with E-state index in [0.29, 0.717) is 11.3 Å². The first-order valence-electron chi connectivity index (χ1n) is 9.04. The molecule has 1 aliphatic heterocycles. The zero-order valence-corrected chi connectivity index (χ0v) is 16.5. The van der Waals surface area contributed by atoms with Crippen LogP contribution in [0.2, 0.25) is 0 Å². The van der Waals surface area contributed by atoms with E-state index in [1.54, 1.807) is 13.1 Å². The molecule has 0 saturated heterocycles. The predicted molar refractivity (Wildman–Crippen MR) is 112 cm³/mol. The third kappa shape index (κ3) is 3.36. The van der Waals surface area contributed by atoms with Gasteiger partial charge in [0.15, 0.2) is 5.96 Å². The van der Waals surface area contributed by atoms with Crippen LogP contribution in [0.1, 0.15) is 18.1 Å². The number of benzene rings is 2. The molecule has 1 unspecified atom stereocenters. The van der Waals surface area contributed by atoms with E-state index in [1.807, 2.05) is 49.4 Å². The maximum atomic E-state index is 12.7. The fourth-order valence-corrected chi connectivity index (χ4v) is 3.55. The van der Waals surface area contributed by atoms with Crippen molar-refractivity contribution in [2.75, 3.05) is 14.1 Å². The van der Waals surface area contributed by atoms with E-state index in [0.717, 1.165) is 22.9 Å². The Hall–Kier alpha value is -3.92. The first kappa shape index (κ1) is 19.8. The summed E-state index contributed by atoms with van der Waals surface area (Å²) >= 11 is 0. The highest BCUT2D eigenvalue weighted by molar-refractivity contribution is 6.17. The SMILES string of the molecule is CNC1=C(C=N)C(=O)N(C)C(=N)NC1(C)c1cccc(-c2cccc(C#N)c2)c1. The largest absolute Gasteiger partial charge is 0.389 e. The van der Waals surface area contributed by atoms with Crippen LogP contribution in [-0.2, 0) is 10.3 Å². The van der Waals surface area contributed by atoms with Crippen LogP contribution in [0.3, 0.4) is 0 Å². The maximum absolute atomic E-state index is 12.7. The number of carbonyl (C=O) groups excluding carboxylic acids is 1. The number of guanidine groups is 1. The zero-order valence-electron chi connectivity index (χ0n) is 16.5. The fourth-order valence-electron chi connectivity index (χ4n) is 3.55. The maximum Gasteiger partial charge on any atom is 0.263 e. The van der Waals surface area contributed by atoms with Crippen LogP contribution in [0.15, 0.2) is 59.8 Å². The quantitative estimate of drug-likeness (QED) is 0.604. The number of carbonyl (C=O) groups is 1. The monoisotopic (exact) mass is 386 g/mol. The summed E-state index contributed by atoms with van der Waals surface area (Å²) in [5, 5.41) is 31.5. The van der Waals surface area contributed by atoms with Crippen molar-refractivity contribution in [3.63, 3.8) is 0 Å². The Morgan fingerprint density at radius 1 is 1.21 bits per heavy atom. The molecule has 7 nitrogen and oxygen atoms in total. The highest BCUT2D eigenvalue weighted by Gasteiger charge is 2.40. The highest BCUT2D eigenvalue weighted by atomic mass is 16.2. The number of likely N-dealkylation sites (N-methyl/N-ethyl adjacent to an activating group) is 2. The number of hydrogen-bond donors (Lipinski definition) is 4. The molecule has 2 aromatic carbocycles. The number of nitrogens with one attached hydrogen (secondary N) is 4. The molecule has 1 amide bonds. The van der Waals surface area contributed by atoms with E-state index in [4.69, 9.17) is 10.8 Å². The molecule has 1 aliphatic rings. The van der Waals surface area contributed by atoms with E-state index in [-0.39, 0.29) is 11.5 Å². The Morgan fingerprint density at radius 3 is 2.48 bits per heavy atom. The molecule has 0 radical (unpaired) electrons. The van der Waals surface area contributed by atoms with Gasteiger partial charge in [-0.05, 0) is 41.8 Å². The third-order valence-corrected chi connectivity index (χ3v) is 5.17. The van der Waals surface area contributed by atoms with Gasteiger partial charge in [0.05, 0.1) is 22.9 Å². The van der Waals surface area contributed by atoms with Crippen LogP contribution in [0.25, 0.3) is 11.1 Å². The molecule has 29 heavy (non-hydrogen) atoms. The zero-order chi connectivity index (χ0) is 21.2. The molecule has 4 N–H and O–H groups in total. The average Bonchev–Trinajstić information content (AvgIpc) is 2.82. The van der Waals surface area contributed by atoms with E-state index in [2.05, 4.69) is 16.7 Å². The first-order chi connectivity index (χ1) is 13.8. The van der Waals surface area contributed by atoms with Gasteiger partial charge in [-0.25, -0.2) is 0 Å². The molecule has 1 heterocycles. The Kier molecular flexibility index (Phi) is 5.20. The minimum atomic E-state index is -0.942. The van der Waals surface area contributed by atoms with Crippen LogP contribution >= 0.6 is 0 Å². The van der Waals surface area contributed by atoms with Gasteiger partial charge >= 0.3 is 0 Å². The standard InChI is InChI=1S/C22H22N6O/c1-22(19(26-2)18(13-24)20(29)28(3)21(25)27-22)17-9-5-8-16(11-17)15-7-4-6-14(10-15)12-23/h4-11,13,24,26H,1-3H3,(H2,25,27). The molecule has 0 spiro atoms. The molecule has 1 atom stereocenters. The van der Waals surface area contributed by atoms with Crippen molar-refractivity contribution in [2.45, 2.75) is 12.5 Å². The lowest BCUT2D eigenvalue weighted by molar-refractivity contribution is -0.122. The Morgan fingerprint density at radius 2 is 1.86 bits per heavy atom. The fraction of sp³-hybridized carbons (Fsp3) is 0.182. The minimum absolute atomic E-state index is 0.0565. The van der Waals surface area contributed by atoms with Crippen LogP contribution in [0.4, 0.5) is 0 Å². The number of nitrogens with zero attached hydrogens (tertiary/aromatic N) is 2. The normalized spacial score (nSPS) is 19.3. The summed E-state index contributed by atoms with van der Waals surface area (Å²) < 4.78 is 0. The van der Waals surface area contributed by atoms with Crippen molar-refractivity contribution >= 4 is 18.1 Å². The second-order valence-corrected chi connectivity index (χ2v) is 6.92. The van der Waals surface area contributed by atoms with Gasteiger partial charge in [-0.15, -0.1) is 0 Å². The topological polar surface area (TPSA) is 116 Å². The summed E-state index contributed by atoms with van der Waals surface area (Å²) in [4.78, 5) is 13.9. The van der Waals surface area contributed by atoms with Gasteiger partial charge in [0, 0.05) is 20.3 Å². The summed E-state index contributed by atoms with van der Waals surface area (Å²) in [7, 11) is 3.20. The molecule has 7 heteroatoms. The summed E-state index contributed by atoms with van der Waals surface area (Å²) in [6.07, 6.45) is 1.02. The van der Waals surface area contributed by atoms with Gasteiger partial charge in [0.25, 0.3) is 5.91 Å². The van der Waals surface area contributed by atoms with E-state index in [1.165, 1.54) is 11.9 Å². The van der Waals surface area contributed by atoms with Gasteiger partial charge < -0.3 is 16.0 Å². The van der Waals surface area contributed by atoms with E-state index < -0.39 is 11.4 Å². The van der Waals surface area contributed by atoms with Crippen molar-refractivity contribution < 1.29 is 4.79 Å². The average molecular weight is 386 g/mol. The van der Waals surface area contributed by atoms with E-state index >= 15 is 0 Å². The summed E-state index contributed by atoms with van der Waals surface area (Å²) in [5.74, 6) is -0.484. The number of rotatable bonds is 4. The van der Waals surface area contributed by atoms with Crippen molar-refractivity contribution in [1.82, 2.24) is 15.5 Å². The van der Waals surface area contributed by atoms with Gasteiger partial charge in [-0.1, -0.05) is 30.3 Å². The predicted octanol–water partition coefficient (Wildman–Crippen LogP) is 2.56. The molecule has 146 valence electrons. The van der Waals surface area contributed by atoms with Crippen LogP contribution in [0.5, 0.6) is 0 Å². The lowest BCUT2D eigenvalue weighted by atomic mass is 9.84. The molecule has 0 fully saturated rings. The molecule has 0 aliphatic carbocycles. The molecular formula is C22H22N6O. The highest BCUT2D eigenvalue weighted by Crippen LogP contribution is 2.34. The summed E-state index contributed by atoms with van der Waals surface area (Å²) in [6.45, 7) is 1.87.